The van der Waals surface area contributed by atoms with E-state index < -0.39 is 0 Å². The Hall–Kier alpha value is -2.63. The van der Waals surface area contributed by atoms with Crippen LogP contribution >= 0.6 is 27.5 Å². The van der Waals surface area contributed by atoms with Crippen LogP contribution < -0.4 is 10.1 Å². The van der Waals surface area contributed by atoms with Crippen molar-refractivity contribution in [1.29, 1.82) is 0 Å². The van der Waals surface area contributed by atoms with Crippen LogP contribution in [0.3, 0.4) is 0 Å². The molecule has 0 fully saturated rings. The summed E-state index contributed by atoms with van der Waals surface area (Å²) in [5, 5.41) is 4.58. The largest absolute Gasteiger partial charge is 0.478 e. The molecule has 0 amide bonds. The number of nitrogens with one attached hydrogen (secondary N) is 1. The van der Waals surface area contributed by atoms with Gasteiger partial charge in [0.25, 0.3) is 0 Å². The molecule has 2 aromatic carbocycles. The minimum atomic E-state index is 0.132. The van der Waals surface area contributed by atoms with Crippen LogP contribution in [0.5, 0.6) is 5.75 Å². The van der Waals surface area contributed by atoms with Crippen LogP contribution in [0.25, 0.3) is 22.3 Å². The summed E-state index contributed by atoms with van der Waals surface area (Å²) < 4.78 is 6.38. The Kier molecular flexibility index (Phi) is 5.74. The predicted octanol–water partition coefficient (Wildman–Crippen LogP) is 6.25. The van der Waals surface area contributed by atoms with Gasteiger partial charge in [0.15, 0.2) is 6.07 Å². The molecule has 2 heterocycles. The molecule has 28 heavy (non-hydrogen) atoms. The van der Waals surface area contributed by atoms with E-state index in [0.717, 1.165) is 43.8 Å². The number of fused-ring (bicyclic) bond motifs is 1. The molecule has 140 valence electrons. The van der Waals surface area contributed by atoms with Crippen molar-refractivity contribution >= 4 is 44.1 Å². The first-order valence-electron chi connectivity index (χ1n) is 8.76. The number of hydrogen-bond acceptors (Lipinski definition) is 4. The second kappa shape index (κ2) is 8.59. The Balaban J connectivity index is 1.70. The van der Waals surface area contributed by atoms with Gasteiger partial charge >= 0.3 is 0 Å². The van der Waals surface area contributed by atoms with Gasteiger partial charge in [0.2, 0.25) is 0 Å². The standard InChI is InChI=1S/C22H17BrClN3O/c23-16-7-8-19-18(11-16)21(12-22(27-19)20-6-1-2-9-25-20)26-13-15-4-3-5-17(10-15)28-14-24/h1-12H,13-14H2,(H,26,27). The fourth-order valence-corrected chi connectivity index (χ4v) is 3.48. The molecule has 0 atom stereocenters. The van der Waals surface area contributed by atoms with Crippen molar-refractivity contribution in [3.8, 4) is 17.1 Å². The molecule has 0 spiro atoms. The zero-order valence-electron chi connectivity index (χ0n) is 14.9. The Morgan fingerprint density at radius 2 is 1.89 bits per heavy atom. The molecule has 0 saturated heterocycles. The van der Waals surface area contributed by atoms with Gasteiger partial charge in [-0.05, 0) is 54.1 Å². The molecule has 2 aromatic heterocycles. The average molecular weight is 455 g/mol. The minimum absolute atomic E-state index is 0.132. The third kappa shape index (κ3) is 4.26. The number of rotatable bonds is 6. The van der Waals surface area contributed by atoms with E-state index in [1.54, 1.807) is 6.20 Å². The van der Waals surface area contributed by atoms with E-state index in [9.17, 15) is 0 Å². The van der Waals surface area contributed by atoms with Crippen molar-refractivity contribution in [2.45, 2.75) is 6.54 Å². The number of halogens is 2. The highest BCUT2D eigenvalue weighted by atomic mass is 79.9. The second-order valence-corrected chi connectivity index (χ2v) is 7.32. The minimum Gasteiger partial charge on any atom is -0.478 e. The number of pyridine rings is 2. The maximum Gasteiger partial charge on any atom is 0.162 e. The van der Waals surface area contributed by atoms with Crippen molar-refractivity contribution in [3.63, 3.8) is 0 Å². The topological polar surface area (TPSA) is 47.0 Å². The molecular formula is C22H17BrClN3O. The molecule has 0 aliphatic heterocycles. The Morgan fingerprint density at radius 1 is 0.964 bits per heavy atom. The molecular weight excluding hydrogens is 438 g/mol. The third-order valence-electron chi connectivity index (χ3n) is 4.30. The van der Waals surface area contributed by atoms with Gasteiger partial charge in [-0.25, -0.2) is 4.98 Å². The van der Waals surface area contributed by atoms with Crippen molar-refractivity contribution in [2.24, 2.45) is 0 Å². The lowest BCUT2D eigenvalue weighted by Gasteiger charge is -2.13. The van der Waals surface area contributed by atoms with Gasteiger partial charge < -0.3 is 10.1 Å². The molecule has 0 aliphatic carbocycles. The summed E-state index contributed by atoms with van der Waals surface area (Å²) in [6.07, 6.45) is 1.78. The fraction of sp³-hybridized carbons (Fsp3) is 0.0909. The lowest BCUT2D eigenvalue weighted by atomic mass is 10.1. The summed E-state index contributed by atoms with van der Waals surface area (Å²) in [7, 11) is 0. The monoisotopic (exact) mass is 453 g/mol. The van der Waals surface area contributed by atoms with Gasteiger partial charge in [-0.1, -0.05) is 45.7 Å². The first-order valence-corrected chi connectivity index (χ1v) is 10.1. The number of hydrogen-bond donors (Lipinski definition) is 1. The van der Waals surface area contributed by atoms with Gasteiger partial charge in [-0.15, -0.1) is 0 Å². The van der Waals surface area contributed by atoms with E-state index in [2.05, 4.69) is 32.3 Å². The highest BCUT2D eigenvalue weighted by Gasteiger charge is 2.09. The first-order chi connectivity index (χ1) is 13.7. The highest BCUT2D eigenvalue weighted by molar-refractivity contribution is 9.10. The number of anilines is 1. The lowest BCUT2D eigenvalue weighted by Crippen LogP contribution is -2.02. The van der Waals surface area contributed by atoms with Gasteiger partial charge in [0, 0.05) is 28.3 Å². The second-order valence-electron chi connectivity index (χ2n) is 6.19. The molecule has 4 aromatic rings. The van der Waals surface area contributed by atoms with E-state index >= 15 is 0 Å². The number of benzene rings is 2. The molecule has 0 unspecified atom stereocenters. The molecule has 0 saturated carbocycles. The SMILES string of the molecule is ClCOc1cccc(CNc2cc(-c3ccccn3)nc3ccc(Br)cc23)c1. The van der Waals surface area contributed by atoms with E-state index in [-0.39, 0.29) is 6.07 Å². The normalized spacial score (nSPS) is 10.8. The quantitative estimate of drug-likeness (QED) is 0.350. The van der Waals surface area contributed by atoms with Crippen LogP contribution in [-0.2, 0) is 6.54 Å². The molecule has 0 bridgehead atoms. The summed E-state index contributed by atoms with van der Waals surface area (Å²) in [5.41, 5.74) is 4.68. The molecule has 4 nitrogen and oxygen atoms in total. The summed E-state index contributed by atoms with van der Waals surface area (Å²) in [4.78, 5) is 9.22. The maximum absolute atomic E-state index is 5.66. The molecule has 4 rings (SSSR count). The molecule has 1 N–H and O–H groups in total. The highest BCUT2D eigenvalue weighted by Crippen LogP contribution is 2.30. The van der Waals surface area contributed by atoms with Crippen LogP contribution in [0, 0.1) is 0 Å². The Labute approximate surface area is 176 Å². The maximum atomic E-state index is 5.66. The Bertz CT molecular complexity index is 1110. The third-order valence-corrected chi connectivity index (χ3v) is 4.90. The average Bonchev–Trinajstić information content (AvgIpc) is 2.73. The van der Waals surface area contributed by atoms with Crippen LogP contribution in [-0.4, -0.2) is 16.0 Å². The van der Waals surface area contributed by atoms with Gasteiger partial charge in [0.05, 0.1) is 16.9 Å². The lowest BCUT2D eigenvalue weighted by molar-refractivity contribution is 0.387. The van der Waals surface area contributed by atoms with Crippen molar-refractivity contribution < 1.29 is 4.74 Å². The van der Waals surface area contributed by atoms with Crippen molar-refractivity contribution in [2.75, 3.05) is 11.4 Å². The predicted molar refractivity (Wildman–Crippen MR) is 118 cm³/mol. The van der Waals surface area contributed by atoms with Crippen LogP contribution in [0.15, 0.2) is 77.4 Å². The van der Waals surface area contributed by atoms with Crippen molar-refractivity contribution in [1.82, 2.24) is 9.97 Å². The zero-order chi connectivity index (χ0) is 19.3. The Morgan fingerprint density at radius 3 is 2.71 bits per heavy atom. The number of aromatic nitrogens is 2. The molecule has 0 radical (unpaired) electrons. The molecule has 6 heteroatoms. The number of ether oxygens (including phenoxy) is 1. The van der Waals surface area contributed by atoms with Gasteiger partial charge in [-0.3, -0.25) is 4.98 Å². The summed E-state index contributed by atoms with van der Waals surface area (Å²) in [6, 6.07) is 21.9. The van der Waals surface area contributed by atoms with Gasteiger partial charge in [-0.2, -0.15) is 0 Å². The van der Waals surface area contributed by atoms with E-state index in [1.165, 1.54) is 0 Å². The first kappa shape index (κ1) is 18.7. The van der Waals surface area contributed by atoms with Crippen LogP contribution in [0.2, 0.25) is 0 Å². The fourth-order valence-electron chi connectivity index (χ4n) is 3.00. The molecule has 0 aliphatic rings. The van der Waals surface area contributed by atoms with E-state index in [1.807, 2.05) is 60.7 Å². The summed E-state index contributed by atoms with van der Waals surface area (Å²) >= 11 is 9.22. The van der Waals surface area contributed by atoms with E-state index in [0.29, 0.717) is 6.54 Å². The number of nitrogens with zero attached hydrogens (tertiary/aromatic N) is 2. The van der Waals surface area contributed by atoms with E-state index in [4.69, 9.17) is 21.3 Å². The number of alkyl halides is 1. The summed E-state index contributed by atoms with van der Waals surface area (Å²) in [6.45, 7) is 0.646. The van der Waals surface area contributed by atoms with Crippen LogP contribution in [0.4, 0.5) is 5.69 Å². The van der Waals surface area contributed by atoms with Crippen molar-refractivity contribution in [3.05, 3.63) is 83.0 Å². The smallest absolute Gasteiger partial charge is 0.162 e. The van der Waals surface area contributed by atoms with Crippen LogP contribution in [0.1, 0.15) is 5.56 Å². The summed E-state index contributed by atoms with van der Waals surface area (Å²) in [5.74, 6) is 0.755. The van der Waals surface area contributed by atoms with Gasteiger partial charge in [0.1, 0.15) is 5.75 Å². The zero-order valence-corrected chi connectivity index (χ0v) is 17.2.